The molecule has 4 rings (SSSR count). The van der Waals surface area contributed by atoms with Gasteiger partial charge in [-0.15, -0.1) is 0 Å². The monoisotopic (exact) mass is 353 g/mol. The molecule has 126 valence electrons. The van der Waals surface area contributed by atoms with Crippen molar-refractivity contribution in [3.05, 3.63) is 76.9 Å². The summed E-state index contributed by atoms with van der Waals surface area (Å²) in [5, 5.41) is 7.85. The number of nitrogens with one attached hydrogen (secondary N) is 1. The van der Waals surface area contributed by atoms with Crippen LogP contribution in [0.25, 0.3) is 0 Å². The van der Waals surface area contributed by atoms with Crippen molar-refractivity contribution in [2.24, 2.45) is 0 Å². The molecule has 1 aliphatic rings. The largest absolute Gasteiger partial charge is 0.480 e. The molecule has 1 atom stereocenters. The topological polar surface area (TPSA) is 56.2 Å². The minimum atomic E-state index is -0.527. The minimum absolute atomic E-state index is 0.183. The highest BCUT2D eigenvalue weighted by Crippen LogP contribution is 2.28. The lowest BCUT2D eigenvalue weighted by Crippen LogP contribution is -2.32. The highest BCUT2D eigenvalue weighted by molar-refractivity contribution is 6.31. The molecule has 1 aromatic heterocycles. The fourth-order valence-electron chi connectivity index (χ4n) is 2.89. The van der Waals surface area contributed by atoms with Gasteiger partial charge in [0.1, 0.15) is 11.6 Å². The first-order chi connectivity index (χ1) is 12.2. The number of aromatic nitrogens is 2. The van der Waals surface area contributed by atoms with Crippen LogP contribution >= 0.6 is 11.6 Å². The summed E-state index contributed by atoms with van der Waals surface area (Å²) in [4.78, 5) is 12.5. The number of fused-ring (bicyclic) bond motifs is 1. The van der Waals surface area contributed by atoms with Gasteiger partial charge in [-0.3, -0.25) is 4.79 Å². The number of hydrogen-bond donors (Lipinski definition) is 1. The van der Waals surface area contributed by atoms with Gasteiger partial charge in [-0.2, -0.15) is 5.10 Å². The van der Waals surface area contributed by atoms with Gasteiger partial charge < -0.3 is 10.1 Å². The highest BCUT2D eigenvalue weighted by Gasteiger charge is 2.29. The summed E-state index contributed by atoms with van der Waals surface area (Å²) in [6, 6.07) is 17.0. The Balaban J connectivity index is 1.47. The van der Waals surface area contributed by atoms with Gasteiger partial charge in [0.05, 0.1) is 12.7 Å². The van der Waals surface area contributed by atoms with E-state index in [1.165, 1.54) is 0 Å². The van der Waals surface area contributed by atoms with E-state index in [-0.39, 0.29) is 5.91 Å². The van der Waals surface area contributed by atoms with Crippen LogP contribution in [0.2, 0.25) is 5.02 Å². The fourth-order valence-corrected chi connectivity index (χ4v) is 3.08. The molecule has 6 heteroatoms. The number of carbonyl (C=O) groups is 1. The van der Waals surface area contributed by atoms with Crippen LogP contribution in [0.1, 0.15) is 11.1 Å². The summed E-state index contributed by atoms with van der Waals surface area (Å²) < 4.78 is 7.44. The first-order valence-electron chi connectivity index (χ1n) is 8.01. The third-order valence-corrected chi connectivity index (χ3v) is 4.55. The van der Waals surface area contributed by atoms with E-state index < -0.39 is 6.10 Å². The van der Waals surface area contributed by atoms with E-state index in [1.807, 2.05) is 48.5 Å². The first-order valence-corrected chi connectivity index (χ1v) is 8.39. The van der Waals surface area contributed by atoms with E-state index in [0.29, 0.717) is 23.8 Å². The number of nitrogens with zero attached hydrogens (tertiary/aromatic N) is 2. The molecule has 25 heavy (non-hydrogen) atoms. The smallest absolute Gasteiger partial charge is 0.266 e. The van der Waals surface area contributed by atoms with Gasteiger partial charge in [0.2, 0.25) is 0 Å². The molecule has 1 amide bonds. The molecule has 0 bridgehead atoms. The molecule has 0 aliphatic carbocycles. The van der Waals surface area contributed by atoms with Gasteiger partial charge in [0, 0.05) is 17.5 Å². The molecule has 0 fully saturated rings. The van der Waals surface area contributed by atoms with Crippen LogP contribution in [-0.4, -0.2) is 21.8 Å². The van der Waals surface area contributed by atoms with Crippen LogP contribution in [0.5, 0.6) is 5.75 Å². The molecule has 0 radical (unpaired) electrons. The molecule has 0 spiro atoms. The first kappa shape index (κ1) is 15.7. The van der Waals surface area contributed by atoms with Crippen molar-refractivity contribution in [3.8, 4) is 5.75 Å². The zero-order valence-corrected chi connectivity index (χ0v) is 14.1. The van der Waals surface area contributed by atoms with Crippen molar-refractivity contribution >= 4 is 23.3 Å². The minimum Gasteiger partial charge on any atom is -0.480 e. The van der Waals surface area contributed by atoms with Gasteiger partial charge >= 0.3 is 0 Å². The van der Waals surface area contributed by atoms with E-state index in [1.54, 1.807) is 16.9 Å². The molecule has 0 saturated heterocycles. The number of para-hydroxylation sites is 1. The van der Waals surface area contributed by atoms with Crippen molar-refractivity contribution < 1.29 is 9.53 Å². The van der Waals surface area contributed by atoms with Crippen LogP contribution < -0.4 is 10.1 Å². The maximum atomic E-state index is 12.5. The van der Waals surface area contributed by atoms with Gasteiger partial charge in [-0.05, 0) is 23.3 Å². The Morgan fingerprint density at radius 2 is 2.00 bits per heavy atom. The van der Waals surface area contributed by atoms with E-state index in [2.05, 4.69) is 10.4 Å². The second kappa shape index (κ2) is 6.61. The van der Waals surface area contributed by atoms with Crippen LogP contribution in [-0.2, 0) is 17.8 Å². The number of amides is 1. The Morgan fingerprint density at radius 1 is 1.20 bits per heavy atom. The zero-order valence-electron chi connectivity index (χ0n) is 13.4. The molecule has 5 nitrogen and oxygen atoms in total. The van der Waals surface area contributed by atoms with Crippen molar-refractivity contribution in [3.63, 3.8) is 0 Å². The lowest BCUT2D eigenvalue weighted by Gasteiger charge is -2.13. The Bertz CT molecular complexity index is 897. The van der Waals surface area contributed by atoms with Crippen molar-refractivity contribution in [2.45, 2.75) is 19.1 Å². The SMILES string of the molecule is O=C(Nc1ccnn1Cc1ccccc1Cl)C1Cc2ccccc2O1. The summed E-state index contributed by atoms with van der Waals surface area (Å²) in [5.41, 5.74) is 1.99. The molecule has 2 heterocycles. The average Bonchev–Trinajstić information content (AvgIpc) is 3.23. The number of benzene rings is 2. The fraction of sp³-hybridized carbons (Fsp3) is 0.158. The lowest BCUT2D eigenvalue weighted by molar-refractivity contribution is -0.122. The molecule has 0 saturated carbocycles. The van der Waals surface area contributed by atoms with Gasteiger partial charge in [0.25, 0.3) is 5.91 Å². The second-order valence-corrected chi connectivity index (χ2v) is 6.28. The van der Waals surface area contributed by atoms with E-state index in [0.717, 1.165) is 16.9 Å². The van der Waals surface area contributed by atoms with Crippen LogP contribution in [0, 0.1) is 0 Å². The Hall–Kier alpha value is -2.79. The highest BCUT2D eigenvalue weighted by atomic mass is 35.5. The summed E-state index contributed by atoms with van der Waals surface area (Å²) in [6.07, 6.45) is 1.69. The number of rotatable bonds is 4. The average molecular weight is 354 g/mol. The predicted molar refractivity (Wildman–Crippen MR) is 96.0 cm³/mol. The summed E-state index contributed by atoms with van der Waals surface area (Å²) >= 11 is 6.21. The predicted octanol–water partition coefficient (Wildman–Crippen LogP) is 3.53. The van der Waals surface area contributed by atoms with Crippen LogP contribution in [0.15, 0.2) is 60.8 Å². The van der Waals surface area contributed by atoms with Crippen molar-refractivity contribution in [2.75, 3.05) is 5.32 Å². The normalized spacial score (nSPS) is 15.5. The number of hydrogen-bond acceptors (Lipinski definition) is 3. The molecule has 1 unspecified atom stereocenters. The van der Waals surface area contributed by atoms with Crippen LogP contribution in [0.4, 0.5) is 5.82 Å². The Labute approximate surface area is 150 Å². The maximum absolute atomic E-state index is 12.5. The van der Waals surface area contributed by atoms with Gasteiger partial charge in [0.15, 0.2) is 6.10 Å². The van der Waals surface area contributed by atoms with Crippen molar-refractivity contribution in [1.82, 2.24) is 9.78 Å². The standard InChI is InChI=1S/C19H16ClN3O2/c20-15-7-3-1-6-14(15)12-23-18(9-10-21-23)22-19(24)17-11-13-5-2-4-8-16(13)25-17/h1-10,17H,11-12H2,(H,22,24). The van der Waals surface area contributed by atoms with Gasteiger partial charge in [-0.1, -0.05) is 48.0 Å². The summed E-state index contributed by atoms with van der Waals surface area (Å²) in [5.74, 6) is 1.20. The van der Waals surface area contributed by atoms with E-state index in [9.17, 15) is 4.79 Å². The third kappa shape index (κ3) is 3.23. The molecule has 1 N–H and O–H groups in total. The van der Waals surface area contributed by atoms with E-state index >= 15 is 0 Å². The maximum Gasteiger partial charge on any atom is 0.266 e. The Kier molecular flexibility index (Phi) is 4.15. The van der Waals surface area contributed by atoms with Crippen molar-refractivity contribution in [1.29, 1.82) is 0 Å². The number of ether oxygens (including phenoxy) is 1. The third-order valence-electron chi connectivity index (χ3n) is 4.19. The zero-order chi connectivity index (χ0) is 17.2. The quantitative estimate of drug-likeness (QED) is 0.780. The molecular weight excluding hydrogens is 338 g/mol. The molecule has 1 aliphatic heterocycles. The van der Waals surface area contributed by atoms with Gasteiger partial charge in [-0.25, -0.2) is 4.68 Å². The molecular formula is C19H16ClN3O2. The Morgan fingerprint density at radius 3 is 2.84 bits per heavy atom. The summed E-state index contributed by atoms with van der Waals surface area (Å²) in [7, 11) is 0. The summed E-state index contributed by atoms with van der Waals surface area (Å²) in [6.45, 7) is 0.480. The lowest BCUT2D eigenvalue weighted by atomic mass is 10.1. The number of halogens is 1. The molecule has 2 aromatic carbocycles. The number of anilines is 1. The second-order valence-electron chi connectivity index (χ2n) is 5.87. The van der Waals surface area contributed by atoms with Crippen LogP contribution in [0.3, 0.4) is 0 Å². The molecule has 3 aromatic rings. The number of carbonyl (C=O) groups excluding carboxylic acids is 1. The van der Waals surface area contributed by atoms with E-state index in [4.69, 9.17) is 16.3 Å².